The van der Waals surface area contributed by atoms with Gasteiger partial charge in [0.05, 0.1) is 6.61 Å². The highest BCUT2D eigenvalue weighted by Gasteiger charge is 2.12. The van der Waals surface area contributed by atoms with Gasteiger partial charge in [-0.2, -0.15) is 5.26 Å². The molecule has 0 fully saturated rings. The normalized spacial score (nSPS) is 11.0. The number of fused-ring (bicyclic) bond motifs is 1. The van der Waals surface area contributed by atoms with Gasteiger partial charge in [-0.1, -0.05) is 72.3 Å². The fraction of sp³-hybridized carbons (Fsp3) is 0.111. The summed E-state index contributed by atoms with van der Waals surface area (Å²) in [6.07, 6.45) is 1.52. The Morgan fingerprint density at radius 3 is 2.37 bits per heavy atom. The highest BCUT2D eigenvalue weighted by molar-refractivity contribution is 6.30. The number of hydrogen-bond acceptors (Lipinski definition) is 5. The van der Waals surface area contributed by atoms with Gasteiger partial charge in [0.15, 0.2) is 11.5 Å². The summed E-state index contributed by atoms with van der Waals surface area (Å²) in [5.74, 6) is 1.23. The second-order valence-electron chi connectivity index (χ2n) is 9.63. The Morgan fingerprint density at radius 2 is 1.60 bits per heavy atom. The van der Waals surface area contributed by atoms with Crippen molar-refractivity contribution in [2.24, 2.45) is 0 Å². The maximum Gasteiger partial charge on any atom is 0.266 e. The first kappa shape index (κ1) is 29.2. The molecule has 6 nitrogen and oxygen atoms in total. The lowest BCUT2D eigenvalue weighted by atomic mass is 10.1. The van der Waals surface area contributed by atoms with Crippen LogP contribution in [0.1, 0.15) is 23.6 Å². The number of nitriles is 1. The fourth-order valence-corrected chi connectivity index (χ4v) is 4.60. The van der Waals surface area contributed by atoms with Gasteiger partial charge in [0.1, 0.15) is 30.6 Å². The minimum atomic E-state index is -0.522. The van der Waals surface area contributed by atoms with Gasteiger partial charge in [-0.3, -0.25) is 4.79 Å². The van der Waals surface area contributed by atoms with E-state index in [1.54, 1.807) is 42.5 Å². The van der Waals surface area contributed by atoms with Crippen LogP contribution in [0.3, 0.4) is 0 Å². The van der Waals surface area contributed by atoms with Crippen molar-refractivity contribution < 1.29 is 19.0 Å². The van der Waals surface area contributed by atoms with E-state index in [0.717, 1.165) is 21.9 Å². The monoisotopic (exact) mass is 588 g/mol. The van der Waals surface area contributed by atoms with Crippen LogP contribution in [0.15, 0.2) is 115 Å². The van der Waals surface area contributed by atoms with E-state index in [9.17, 15) is 10.1 Å². The third kappa shape index (κ3) is 7.73. The third-order valence-electron chi connectivity index (χ3n) is 6.64. The first-order valence-corrected chi connectivity index (χ1v) is 14.2. The van der Waals surface area contributed by atoms with Gasteiger partial charge in [0.25, 0.3) is 5.91 Å². The summed E-state index contributed by atoms with van der Waals surface area (Å²) in [5, 5.41) is 15.5. The predicted octanol–water partition coefficient (Wildman–Crippen LogP) is 8.60. The van der Waals surface area contributed by atoms with Crippen LogP contribution in [0.5, 0.6) is 17.2 Å². The van der Waals surface area contributed by atoms with E-state index in [1.165, 1.54) is 6.08 Å². The highest BCUT2D eigenvalue weighted by atomic mass is 35.5. The van der Waals surface area contributed by atoms with Crippen molar-refractivity contribution in [3.63, 3.8) is 0 Å². The Kier molecular flexibility index (Phi) is 9.58. The number of benzene rings is 5. The molecular weight excluding hydrogens is 560 g/mol. The van der Waals surface area contributed by atoms with Gasteiger partial charge in [-0.05, 0) is 89.0 Å². The van der Waals surface area contributed by atoms with Gasteiger partial charge in [-0.25, -0.2) is 0 Å². The molecule has 1 amide bonds. The Hall–Kier alpha value is -5.25. The number of anilines is 1. The van der Waals surface area contributed by atoms with E-state index in [-0.39, 0.29) is 5.57 Å². The average Bonchev–Trinajstić information content (AvgIpc) is 3.03. The zero-order valence-electron chi connectivity index (χ0n) is 23.5. The SMILES string of the molecule is CCOc1cc(/C=C(\C#N)C(=O)Nc2ccc(OCc3ccc(Cl)cc3)cc2)ccc1OCc1cccc2ccccc12. The standard InChI is InChI=1S/C36H29ClN2O4/c1-2-41-35-21-26(12-19-34(35)43-24-28-8-5-7-27-6-3-4-9-33(27)28)20-29(22-38)36(40)39-31-15-17-32(18-16-31)42-23-25-10-13-30(37)14-11-25/h3-21H,2,23-24H2,1H3,(H,39,40)/b29-20+. The average molecular weight is 589 g/mol. The van der Waals surface area contributed by atoms with Crippen LogP contribution < -0.4 is 19.5 Å². The first-order chi connectivity index (χ1) is 21.0. The second-order valence-corrected chi connectivity index (χ2v) is 10.1. The molecule has 0 saturated heterocycles. The van der Waals surface area contributed by atoms with E-state index < -0.39 is 5.91 Å². The molecule has 0 radical (unpaired) electrons. The number of amides is 1. The predicted molar refractivity (Wildman–Crippen MR) is 170 cm³/mol. The smallest absolute Gasteiger partial charge is 0.266 e. The Labute approximate surface area is 255 Å². The molecule has 0 aliphatic rings. The first-order valence-electron chi connectivity index (χ1n) is 13.8. The molecule has 0 aliphatic carbocycles. The summed E-state index contributed by atoms with van der Waals surface area (Å²) in [6.45, 7) is 3.08. The molecule has 0 saturated carbocycles. The molecule has 5 aromatic carbocycles. The molecule has 0 spiro atoms. The molecule has 0 heterocycles. The van der Waals surface area contributed by atoms with Crippen LogP contribution in [0.4, 0.5) is 5.69 Å². The minimum absolute atomic E-state index is 0.0464. The van der Waals surface area contributed by atoms with Crippen molar-refractivity contribution in [1.29, 1.82) is 5.26 Å². The van der Waals surface area contributed by atoms with Crippen LogP contribution >= 0.6 is 11.6 Å². The molecule has 5 aromatic rings. The van der Waals surface area contributed by atoms with E-state index in [1.807, 2.05) is 61.5 Å². The van der Waals surface area contributed by atoms with Gasteiger partial charge in [0.2, 0.25) is 0 Å². The van der Waals surface area contributed by atoms with Crippen molar-refractivity contribution in [3.8, 4) is 23.3 Å². The lowest BCUT2D eigenvalue weighted by Gasteiger charge is -2.14. The van der Waals surface area contributed by atoms with Crippen molar-refractivity contribution >= 4 is 40.0 Å². The van der Waals surface area contributed by atoms with Gasteiger partial charge < -0.3 is 19.5 Å². The van der Waals surface area contributed by atoms with Crippen molar-refractivity contribution in [2.75, 3.05) is 11.9 Å². The van der Waals surface area contributed by atoms with Crippen LogP contribution in [-0.4, -0.2) is 12.5 Å². The highest BCUT2D eigenvalue weighted by Crippen LogP contribution is 2.31. The van der Waals surface area contributed by atoms with E-state index in [0.29, 0.717) is 53.3 Å². The molecule has 7 heteroatoms. The van der Waals surface area contributed by atoms with Gasteiger partial charge in [-0.15, -0.1) is 0 Å². The summed E-state index contributed by atoms with van der Waals surface area (Å²) >= 11 is 5.93. The summed E-state index contributed by atoms with van der Waals surface area (Å²) in [6, 6.07) is 36.0. The largest absolute Gasteiger partial charge is 0.490 e. The Bertz CT molecular complexity index is 1790. The zero-order chi connectivity index (χ0) is 30.0. The molecule has 0 unspecified atom stereocenters. The third-order valence-corrected chi connectivity index (χ3v) is 6.89. The van der Waals surface area contributed by atoms with E-state index in [4.69, 9.17) is 25.8 Å². The van der Waals surface area contributed by atoms with E-state index in [2.05, 4.69) is 23.5 Å². The van der Waals surface area contributed by atoms with Crippen LogP contribution in [0.25, 0.3) is 16.8 Å². The van der Waals surface area contributed by atoms with Gasteiger partial charge in [0, 0.05) is 10.7 Å². The van der Waals surface area contributed by atoms with Crippen LogP contribution in [0, 0.1) is 11.3 Å². The lowest BCUT2D eigenvalue weighted by molar-refractivity contribution is -0.112. The molecule has 5 rings (SSSR count). The summed E-state index contributed by atoms with van der Waals surface area (Å²) in [4.78, 5) is 12.9. The van der Waals surface area contributed by atoms with Crippen LogP contribution in [0.2, 0.25) is 5.02 Å². The van der Waals surface area contributed by atoms with Crippen molar-refractivity contribution in [3.05, 3.63) is 136 Å². The van der Waals surface area contributed by atoms with Crippen molar-refractivity contribution in [1.82, 2.24) is 0 Å². The summed E-state index contributed by atoms with van der Waals surface area (Å²) in [7, 11) is 0. The Morgan fingerprint density at radius 1 is 0.837 bits per heavy atom. The fourth-order valence-electron chi connectivity index (χ4n) is 4.47. The Balaban J connectivity index is 1.24. The number of rotatable bonds is 11. The molecule has 43 heavy (non-hydrogen) atoms. The molecular formula is C36H29ClN2O4. The number of carbonyl (C=O) groups is 1. The topological polar surface area (TPSA) is 80.6 Å². The quantitative estimate of drug-likeness (QED) is 0.123. The number of hydrogen-bond donors (Lipinski definition) is 1. The van der Waals surface area contributed by atoms with E-state index >= 15 is 0 Å². The molecule has 0 atom stereocenters. The number of halogens is 1. The second kappa shape index (κ2) is 14.1. The molecule has 0 aliphatic heterocycles. The minimum Gasteiger partial charge on any atom is -0.490 e. The van der Waals surface area contributed by atoms with Crippen LogP contribution in [-0.2, 0) is 18.0 Å². The number of ether oxygens (including phenoxy) is 3. The van der Waals surface area contributed by atoms with Gasteiger partial charge >= 0.3 is 0 Å². The summed E-state index contributed by atoms with van der Waals surface area (Å²) in [5.41, 5.74) is 3.18. The van der Waals surface area contributed by atoms with Crippen molar-refractivity contribution in [2.45, 2.75) is 20.1 Å². The molecule has 0 bridgehead atoms. The lowest BCUT2D eigenvalue weighted by Crippen LogP contribution is -2.13. The molecule has 1 N–H and O–H groups in total. The maximum atomic E-state index is 12.9. The number of carbonyl (C=O) groups excluding carboxylic acids is 1. The zero-order valence-corrected chi connectivity index (χ0v) is 24.3. The maximum absolute atomic E-state index is 12.9. The number of nitrogens with zero attached hydrogens (tertiary/aromatic N) is 1. The number of nitrogens with one attached hydrogen (secondary N) is 1. The molecule has 0 aromatic heterocycles. The molecule has 214 valence electrons. The summed E-state index contributed by atoms with van der Waals surface area (Å²) < 4.78 is 17.8.